The summed E-state index contributed by atoms with van der Waals surface area (Å²) in [5.41, 5.74) is 2.58. The minimum atomic E-state index is -3.62. The third-order valence-electron chi connectivity index (χ3n) is 3.71. The first-order valence-corrected chi connectivity index (χ1v) is 9.79. The molecule has 2 aromatic rings. The molecule has 0 aliphatic heterocycles. The van der Waals surface area contributed by atoms with Crippen molar-refractivity contribution in [3.63, 3.8) is 0 Å². The second-order valence-electron chi connectivity index (χ2n) is 5.21. The monoisotopic (exact) mass is 396 g/mol. The molecule has 6 heteroatoms. The number of benzene rings is 2. The van der Waals surface area contributed by atoms with E-state index in [2.05, 4.69) is 39.4 Å². The van der Waals surface area contributed by atoms with Gasteiger partial charge in [0.15, 0.2) is 0 Å². The summed E-state index contributed by atoms with van der Waals surface area (Å²) in [6, 6.07) is 12.5. The summed E-state index contributed by atoms with van der Waals surface area (Å²) in [5, 5.41) is 0. The minimum absolute atomic E-state index is 0.229. The van der Waals surface area contributed by atoms with E-state index >= 15 is 0 Å². The van der Waals surface area contributed by atoms with Gasteiger partial charge in [0.2, 0.25) is 0 Å². The molecule has 0 aliphatic rings. The first-order chi connectivity index (χ1) is 10.9. The third-order valence-corrected chi connectivity index (χ3v) is 6.09. The maximum Gasteiger partial charge on any atom is 0.263 e. The molecule has 0 unspecified atom stereocenters. The van der Waals surface area contributed by atoms with Crippen LogP contribution in [-0.2, 0) is 10.0 Å². The number of nitrogens with zero attached hydrogens (tertiary/aromatic N) is 1. The van der Waals surface area contributed by atoms with Crippen molar-refractivity contribution in [2.24, 2.45) is 0 Å². The first kappa shape index (κ1) is 17.8. The van der Waals surface area contributed by atoms with Crippen LogP contribution in [0.15, 0.2) is 51.8 Å². The lowest BCUT2D eigenvalue weighted by atomic mass is 10.1. The highest BCUT2D eigenvalue weighted by Crippen LogP contribution is 2.27. The van der Waals surface area contributed by atoms with Crippen molar-refractivity contribution in [1.29, 1.82) is 0 Å². The number of sulfonamides is 1. The molecule has 0 aromatic heterocycles. The molecule has 4 nitrogen and oxygen atoms in total. The van der Waals surface area contributed by atoms with Crippen LogP contribution in [0.1, 0.15) is 19.4 Å². The Morgan fingerprint density at radius 3 is 2.30 bits per heavy atom. The van der Waals surface area contributed by atoms with E-state index in [0.717, 1.165) is 24.3 Å². The summed E-state index contributed by atoms with van der Waals surface area (Å²) >= 11 is 3.29. The van der Waals surface area contributed by atoms with Crippen LogP contribution in [0.2, 0.25) is 0 Å². The SMILES string of the molecule is CCN(CC)c1ccc(NS(=O)(=O)c2ccccc2Br)c(C)c1. The number of halogens is 1. The van der Waals surface area contributed by atoms with Crippen LogP contribution in [0.5, 0.6) is 0 Å². The number of nitrogens with one attached hydrogen (secondary N) is 1. The normalized spacial score (nSPS) is 11.3. The van der Waals surface area contributed by atoms with E-state index in [-0.39, 0.29) is 4.90 Å². The predicted octanol–water partition coefficient (Wildman–Crippen LogP) is 4.40. The van der Waals surface area contributed by atoms with Crippen LogP contribution in [0, 0.1) is 6.92 Å². The summed E-state index contributed by atoms with van der Waals surface area (Å²) in [4.78, 5) is 2.45. The smallest absolute Gasteiger partial charge is 0.263 e. The molecule has 0 radical (unpaired) electrons. The molecular formula is C17H21BrN2O2S. The average molecular weight is 397 g/mol. The van der Waals surface area contributed by atoms with Gasteiger partial charge in [-0.2, -0.15) is 0 Å². The van der Waals surface area contributed by atoms with Crippen molar-refractivity contribution in [3.05, 3.63) is 52.5 Å². The highest BCUT2D eigenvalue weighted by atomic mass is 79.9. The summed E-state index contributed by atoms with van der Waals surface area (Å²) in [6.45, 7) is 7.94. The quantitative estimate of drug-likeness (QED) is 0.786. The van der Waals surface area contributed by atoms with Gasteiger partial charge in [0.25, 0.3) is 10.0 Å². The van der Waals surface area contributed by atoms with E-state index < -0.39 is 10.0 Å². The lowest BCUT2D eigenvalue weighted by molar-refractivity contribution is 0.600. The second kappa shape index (κ2) is 7.36. The predicted molar refractivity (Wildman–Crippen MR) is 99.7 cm³/mol. The van der Waals surface area contributed by atoms with Crippen molar-refractivity contribution in [2.45, 2.75) is 25.7 Å². The van der Waals surface area contributed by atoms with E-state index in [1.54, 1.807) is 24.3 Å². The molecular weight excluding hydrogens is 376 g/mol. The molecule has 0 spiro atoms. The maximum absolute atomic E-state index is 12.6. The Hall–Kier alpha value is -1.53. The zero-order valence-corrected chi connectivity index (χ0v) is 15.9. The summed E-state index contributed by atoms with van der Waals surface area (Å²) < 4.78 is 28.3. The van der Waals surface area contributed by atoms with E-state index in [1.807, 2.05) is 25.1 Å². The molecule has 0 saturated heterocycles. The van der Waals surface area contributed by atoms with Crippen LogP contribution < -0.4 is 9.62 Å². The molecule has 124 valence electrons. The molecule has 1 N–H and O–H groups in total. The molecule has 2 rings (SSSR count). The fourth-order valence-corrected chi connectivity index (χ4v) is 4.55. The number of hydrogen-bond acceptors (Lipinski definition) is 3. The molecule has 23 heavy (non-hydrogen) atoms. The van der Waals surface area contributed by atoms with Gasteiger partial charge in [0.05, 0.1) is 5.69 Å². The average Bonchev–Trinajstić information content (AvgIpc) is 2.51. The van der Waals surface area contributed by atoms with Gasteiger partial charge in [-0.3, -0.25) is 4.72 Å². The van der Waals surface area contributed by atoms with Gasteiger partial charge < -0.3 is 4.90 Å². The molecule has 0 atom stereocenters. The van der Waals surface area contributed by atoms with Crippen LogP contribution in [0.25, 0.3) is 0 Å². The van der Waals surface area contributed by atoms with Crippen LogP contribution >= 0.6 is 15.9 Å². The Kier molecular flexibility index (Phi) is 5.70. The van der Waals surface area contributed by atoms with Crippen molar-refractivity contribution in [1.82, 2.24) is 0 Å². The van der Waals surface area contributed by atoms with Crippen LogP contribution in [0.3, 0.4) is 0 Å². The summed E-state index contributed by atoms with van der Waals surface area (Å²) in [5.74, 6) is 0. The van der Waals surface area contributed by atoms with Gasteiger partial charge in [-0.05, 0) is 72.6 Å². The Morgan fingerprint density at radius 1 is 1.09 bits per heavy atom. The highest BCUT2D eigenvalue weighted by Gasteiger charge is 2.18. The Labute approximate surface area is 146 Å². The van der Waals surface area contributed by atoms with Crippen molar-refractivity contribution >= 4 is 37.3 Å². The number of rotatable bonds is 6. The minimum Gasteiger partial charge on any atom is -0.372 e. The third kappa shape index (κ3) is 4.06. The van der Waals surface area contributed by atoms with Gasteiger partial charge in [-0.1, -0.05) is 12.1 Å². The first-order valence-electron chi connectivity index (χ1n) is 7.52. The number of aryl methyl sites for hydroxylation is 1. The zero-order valence-electron chi connectivity index (χ0n) is 13.5. The number of hydrogen-bond donors (Lipinski definition) is 1. The largest absolute Gasteiger partial charge is 0.372 e. The lowest BCUT2D eigenvalue weighted by Gasteiger charge is -2.22. The van der Waals surface area contributed by atoms with Crippen LogP contribution in [0.4, 0.5) is 11.4 Å². The topological polar surface area (TPSA) is 49.4 Å². The number of anilines is 2. The summed E-state index contributed by atoms with van der Waals surface area (Å²) in [7, 11) is -3.62. The second-order valence-corrected chi connectivity index (χ2v) is 7.71. The van der Waals surface area contributed by atoms with Gasteiger partial charge in [-0.15, -0.1) is 0 Å². The molecule has 0 fully saturated rings. The fraction of sp³-hybridized carbons (Fsp3) is 0.294. The van der Waals surface area contributed by atoms with Gasteiger partial charge in [0.1, 0.15) is 4.90 Å². The van der Waals surface area contributed by atoms with Crippen LogP contribution in [-0.4, -0.2) is 21.5 Å². The molecule has 0 bridgehead atoms. The van der Waals surface area contributed by atoms with E-state index in [9.17, 15) is 8.42 Å². The Morgan fingerprint density at radius 2 is 1.74 bits per heavy atom. The maximum atomic E-state index is 12.6. The zero-order chi connectivity index (χ0) is 17.0. The standard InChI is InChI=1S/C17H21BrN2O2S/c1-4-20(5-2)14-10-11-16(13(3)12-14)19-23(21,22)17-9-7-6-8-15(17)18/h6-12,19H,4-5H2,1-3H3. The van der Waals surface area contributed by atoms with E-state index in [0.29, 0.717) is 10.2 Å². The summed E-state index contributed by atoms with van der Waals surface area (Å²) in [6.07, 6.45) is 0. The lowest BCUT2D eigenvalue weighted by Crippen LogP contribution is -2.22. The van der Waals surface area contributed by atoms with Crippen molar-refractivity contribution < 1.29 is 8.42 Å². The van der Waals surface area contributed by atoms with E-state index in [4.69, 9.17) is 0 Å². The van der Waals surface area contributed by atoms with Crippen molar-refractivity contribution in [2.75, 3.05) is 22.7 Å². The van der Waals surface area contributed by atoms with Crippen molar-refractivity contribution in [3.8, 4) is 0 Å². The molecule has 2 aromatic carbocycles. The molecule has 0 saturated carbocycles. The molecule has 0 amide bonds. The highest BCUT2D eigenvalue weighted by molar-refractivity contribution is 9.10. The van der Waals surface area contributed by atoms with Gasteiger partial charge >= 0.3 is 0 Å². The fourth-order valence-electron chi connectivity index (χ4n) is 2.41. The van der Waals surface area contributed by atoms with Gasteiger partial charge in [-0.25, -0.2) is 8.42 Å². The van der Waals surface area contributed by atoms with Gasteiger partial charge in [0, 0.05) is 23.2 Å². The Bertz CT molecular complexity index is 787. The Balaban J connectivity index is 2.32. The molecule has 0 heterocycles. The van der Waals surface area contributed by atoms with E-state index in [1.165, 1.54) is 0 Å². The molecule has 0 aliphatic carbocycles.